The number of hydrogen-bond acceptors (Lipinski definition) is 5. The first-order valence-corrected chi connectivity index (χ1v) is 8.69. The van der Waals surface area contributed by atoms with Crippen LogP contribution >= 0.6 is 0 Å². The van der Waals surface area contributed by atoms with Crippen molar-refractivity contribution in [3.05, 3.63) is 58.6 Å². The third-order valence-corrected chi connectivity index (χ3v) is 4.59. The molecule has 1 aliphatic heterocycles. The summed E-state index contributed by atoms with van der Waals surface area (Å²) in [5.74, 6) is 1.21. The molecule has 8 heteroatoms. The van der Waals surface area contributed by atoms with Gasteiger partial charge < -0.3 is 14.8 Å². The quantitative estimate of drug-likeness (QED) is 0.740. The number of carbonyl (C=O) groups is 1. The van der Waals surface area contributed by atoms with E-state index in [1.54, 1.807) is 18.3 Å². The van der Waals surface area contributed by atoms with Crippen molar-refractivity contribution in [2.24, 2.45) is 0 Å². The predicted octanol–water partition coefficient (Wildman–Crippen LogP) is 1.67. The Morgan fingerprint density at radius 3 is 2.85 bits per heavy atom. The Morgan fingerprint density at radius 1 is 1.22 bits per heavy atom. The van der Waals surface area contributed by atoms with E-state index in [9.17, 15) is 9.59 Å². The first kappa shape index (κ1) is 17.1. The van der Waals surface area contributed by atoms with Crippen molar-refractivity contribution >= 4 is 11.6 Å². The van der Waals surface area contributed by atoms with Crippen LogP contribution in [0.3, 0.4) is 0 Å². The maximum Gasteiger partial charge on any atom is 0.350 e. The highest BCUT2D eigenvalue weighted by Gasteiger charge is 2.25. The van der Waals surface area contributed by atoms with Gasteiger partial charge >= 0.3 is 5.69 Å². The lowest BCUT2D eigenvalue weighted by atomic mass is 9.93. The lowest BCUT2D eigenvalue weighted by Gasteiger charge is -2.27. The summed E-state index contributed by atoms with van der Waals surface area (Å²) >= 11 is 0. The molecule has 0 spiro atoms. The predicted molar refractivity (Wildman–Crippen MR) is 97.8 cm³/mol. The standard InChI is InChI=1S/C19H20N4O4/c1-19(2,13-6-7-14-15(11-13)27-12-26-14)20-17(24)8-10-23-18(25)22-9-4-3-5-16(22)21-23/h3-7,9,11H,8,10,12H2,1-2H3,(H,20,24). The Kier molecular flexibility index (Phi) is 4.10. The first-order chi connectivity index (χ1) is 12.9. The minimum absolute atomic E-state index is 0.151. The molecule has 0 saturated carbocycles. The van der Waals surface area contributed by atoms with E-state index in [1.807, 2.05) is 38.1 Å². The molecule has 3 aromatic rings. The zero-order valence-corrected chi connectivity index (χ0v) is 15.1. The zero-order chi connectivity index (χ0) is 19.0. The average Bonchev–Trinajstić information content (AvgIpc) is 3.24. The summed E-state index contributed by atoms with van der Waals surface area (Å²) in [6.45, 7) is 4.25. The summed E-state index contributed by atoms with van der Waals surface area (Å²) in [6, 6.07) is 10.9. The third kappa shape index (κ3) is 3.25. The van der Waals surface area contributed by atoms with E-state index in [-0.39, 0.29) is 31.4 Å². The van der Waals surface area contributed by atoms with Crippen LogP contribution in [0.1, 0.15) is 25.8 Å². The number of ether oxygens (including phenoxy) is 2. The molecule has 4 rings (SSSR count). The lowest BCUT2D eigenvalue weighted by Crippen LogP contribution is -2.41. The topological polar surface area (TPSA) is 86.9 Å². The summed E-state index contributed by atoms with van der Waals surface area (Å²) in [6.07, 6.45) is 1.81. The maximum atomic E-state index is 12.4. The highest BCUT2D eigenvalue weighted by molar-refractivity contribution is 5.77. The van der Waals surface area contributed by atoms with Gasteiger partial charge in [0.15, 0.2) is 17.1 Å². The molecule has 2 aromatic heterocycles. The number of benzene rings is 1. The minimum atomic E-state index is -0.595. The number of hydrogen-bond donors (Lipinski definition) is 1. The summed E-state index contributed by atoms with van der Waals surface area (Å²) in [5.41, 5.74) is 0.615. The second-order valence-corrected chi connectivity index (χ2v) is 6.93. The van der Waals surface area contributed by atoms with Gasteiger partial charge in [0.1, 0.15) is 0 Å². The van der Waals surface area contributed by atoms with Gasteiger partial charge in [-0.1, -0.05) is 12.1 Å². The van der Waals surface area contributed by atoms with Crippen LogP contribution < -0.4 is 20.5 Å². The van der Waals surface area contributed by atoms with E-state index < -0.39 is 5.54 Å². The summed E-state index contributed by atoms with van der Waals surface area (Å²) in [5, 5.41) is 7.24. The molecule has 3 heterocycles. The van der Waals surface area contributed by atoms with Gasteiger partial charge in [-0.25, -0.2) is 9.48 Å². The molecule has 1 aliphatic rings. The van der Waals surface area contributed by atoms with Crippen LogP contribution in [-0.4, -0.2) is 26.9 Å². The fourth-order valence-electron chi connectivity index (χ4n) is 3.09. The molecule has 1 aromatic carbocycles. The molecule has 0 unspecified atom stereocenters. The Bertz CT molecular complexity index is 1070. The smallest absolute Gasteiger partial charge is 0.350 e. The molecule has 27 heavy (non-hydrogen) atoms. The Balaban J connectivity index is 1.43. The monoisotopic (exact) mass is 368 g/mol. The summed E-state index contributed by atoms with van der Waals surface area (Å²) in [7, 11) is 0. The summed E-state index contributed by atoms with van der Waals surface area (Å²) < 4.78 is 13.5. The molecule has 0 fully saturated rings. The number of fused-ring (bicyclic) bond motifs is 2. The normalized spacial score (nSPS) is 13.1. The molecule has 0 radical (unpaired) electrons. The van der Waals surface area contributed by atoms with Gasteiger partial charge in [-0.15, -0.1) is 5.10 Å². The van der Waals surface area contributed by atoms with Gasteiger partial charge in [-0.3, -0.25) is 9.20 Å². The fraction of sp³-hybridized carbons (Fsp3) is 0.316. The molecule has 8 nitrogen and oxygen atoms in total. The van der Waals surface area contributed by atoms with Crippen molar-refractivity contribution in [2.75, 3.05) is 6.79 Å². The maximum absolute atomic E-state index is 12.4. The number of nitrogens with zero attached hydrogens (tertiary/aromatic N) is 3. The zero-order valence-electron chi connectivity index (χ0n) is 15.1. The summed E-state index contributed by atoms with van der Waals surface area (Å²) in [4.78, 5) is 24.7. The van der Waals surface area contributed by atoms with Crippen molar-refractivity contribution in [2.45, 2.75) is 32.4 Å². The number of nitrogens with one attached hydrogen (secondary N) is 1. The third-order valence-electron chi connectivity index (χ3n) is 4.59. The van der Waals surface area contributed by atoms with Crippen molar-refractivity contribution in [3.63, 3.8) is 0 Å². The molecule has 1 amide bonds. The second-order valence-electron chi connectivity index (χ2n) is 6.93. The van der Waals surface area contributed by atoms with Crippen molar-refractivity contribution in [1.29, 1.82) is 0 Å². The highest BCUT2D eigenvalue weighted by Crippen LogP contribution is 2.35. The van der Waals surface area contributed by atoms with Crippen LogP contribution in [-0.2, 0) is 16.9 Å². The molecule has 140 valence electrons. The molecule has 0 aliphatic carbocycles. The van der Waals surface area contributed by atoms with E-state index in [0.29, 0.717) is 17.1 Å². The van der Waals surface area contributed by atoms with Gasteiger partial charge in [0, 0.05) is 12.6 Å². The lowest BCUT2D eigenvalue weighted by molar-refractivity contribution is -0.123. The number of carbonyl (C=O) groups excluding carboxylic acids is 1. The Morgan fingerprint density at radius 2 is 2.04 bits per heavy atom. The van der Waals surface area contributed by atoms with Crippen LogP contribution in [0.2, 0.25) is 0 Å². The van der Waals surface area contributed by atoms with E-state index in [4.69, 9.17) is 9.47 Å². The second kappa shape index (κ2) is 6.46. The van der Waals surface area contributed by atoms with Crippen LogP contribution in [0.15, 0.2) is 47.4 Å². The molecule has 0 saturated heterocycles. The number of aryl methyl sites for hydroxylation is 1. The average molecular weight is 368 g/mol. The van der Waals surface area contributed by atoms with Crippen molar-refractivity contribution < 1.29 is 14.3 Å². The van der Waals surface area contributed by atoms with Gasteiger partial charge in [-0.05, 0) is 43.7 Å². The van der Waals surface area contributed by atoms with E-state index in [0.717, 1.165) is 5.56 Å². The van der Waals surface area contributed by atoms with Crippen LogP contribution in [0.4, 0.5) is 0 Å². The molecular weight excluding hydrogens is 348 g/mol. The van der Waals surface area contributed by atoms with E-state index in [1.165, 1.54) is 9.08 Å². The van der Waals surface area contributed by atoms with Crippen LogP contribution in [0.25, 0.3) is 5.65 Å². The SMILES string of the molecule is CC(C)(NC(=O)CCn1nc2ccccn2c1=O)c1ccc2c(c1)OCO2. The molecular formula is C19H20N4O4. The largest absolute Gasteiger partial charge is 0.454 e. The minimum Gasteiger partial charge on any atom is -0.454 e. The molecule has 0 atom stereocenters. The highest BCUT2D eigenvalue weighted by atomic mass is 16.7. The van der Waals surface area contributed by atoms with Crippen LogP contribution in [0, 0.1) is 0 Å². The number of amides is 1. The Labute approximate surface area is 155 Å². The van der Waals surface area contributed by atoms with E-state index >= 15 is 0 Å². The van der Waals surface area contributed by atoms with Gasteiger partial charge in [0.25, 0.3) is 0 Å². The van der Waals surface area contributed by atoms with Crippen LogP contribution in [0.5, 0.6) is 11.5 Å². The molecule has 0 bridgehead atoms. The van der Waals surface area contributed by atoms with Gasteiger partial charge in [0.05, 0.1) is 12.1 Å². The number of pyridine rings is 1. The van der Waals surface area contributed by atoms with Gasteiger partial charge in [-0.2, -0.15) is 0 Å². The fourth-order valence-corrected chi connectivity index (χ4v) is 3.09. The Hall–Kier alpha value is -3.29. The number of rotatable bonds is 5. The van der Waals surface area contributed by atoms with Crippen molar-refractivity contribution in [3.8, 4) is 11.5 Å². The van der Waals surface area contributed by atoms with Gasteiger partial charge in [0.2, 0.25) is 12.7 Å². The van der Waals surface area contributed by atoms with E-state index in [2.05, 4.69) is 10.4 Å². The molecule has 1 N–H and O–H groups in total. The number of aromatic nitrogens is 3. The first-order valence-electron chi connectivity index (χ1n) is 8.69. The van der Waals surface area contributed by atoms with Crippen molar-refractivity contribution in [1.82, 2.24) is 19.5 Å².